The molecule has 7 heteroatoms. The van der Waals surface area contributed by atoms with Gasteiger partial charge in [0.05, 0.1) is 37.3 Å². The Kier molecular flexibility index (Phi) is 5.69. The van der Waals surface area contributed by atoms with Crippen LogP contribution < -0.4 is 14.9 Å². The molecule has 0 radical (unpaired) electrons. The second kappa shape index (κ2) is 8.43. The fourth-order valence-electron chi connectivity index (χ4n) is 3.88. The van der Waals surface area contributed by atoms with Crippen LogP contribution in [0.4, 0.5) is 0 Å². The highest BCUT2D eigenvalue weighted by atomic mass is 16.5. The Morgan fingerprint density at radius 3 is 2.61 bits per heavy atom. The van der Waals surface area contributed by atoms with E-state index in [0.29, 0.717) is 40.6 Å². The van der Waals surface area contributed by atoms with Crippen LogP contribution in [0.3, 0.4) is 0 Å². The van der Waals surface area contributed by atoms with E-state index in [9.17, 15) is 14.7 Å². The molecule has 4 rings (SSSR count). The SMILES string of the molecule is COc1cc([C@H]2c3c(oc4ccccc4c3=O)C(=O)N2CCO)ccc1OCC(C)C. The molecule has 1 aliphatic heterocycles. The van der Waals surface area contributed by atoms with Gasteiger partial charge in [-0.3, -0.25) is 9.59 Å². The van der Waals surface area contributed by atoms with Crippen molar-refractivity contribution in [2.75, 3.05) is 26.9 Å². The number of hydrogen-bond acceptors (Lipinski definition) is 6. The van der Waals surface area contributed by atoms with Crippen LogP contribution in [0.25, 0.3) is 11.0 Å². The van der Waals surface area contributed by atoms with E-state index >= 15 is 0 Å². The molecule has 0 saturated heterocycles. The zero-order valence-corrected chi connectivity index (χ0v) is 17.8. The number of para-hydroxylation sites is 1. The summed E-state index contributed by atoms with van der Waals surface area (Å²) in [5, 5.41) is 9.98. The smallest absolute Gasteiger partial charge is 0.290 e. The fourth-order valence-corrected chi connectivity index (χ4v) is 3.88. The number of carbonyl (C=O) groups excluding carboxylic acids is 1. The topological polar surface area (TPSA) is 89.2 Å². The summed E-state index contributed by atoms with van der Waals surface area (Å²) in [7, 11) is 1.54. The fraction of sp³-hybridized carbons (Fsp3) is 0.333. The Labute approximate surface area is 179 Å². The van der Waals surface area contributed by atoms with E-state index < -0.39 is 11.9 Å². The summed E-state index contributed by atoms with van der Waals surface area (Å²) in [5.74, 6) is 1.04. The van der Waals surface area contributed by atoms with Crippen molar-refractivity contribution in [2.24, 2.45) is 5.92 Å². The number of methoxy groups -OCH3 is 1. The molecule has 1 amide bonds. The highest BCUT2D eigenvalue weighted by molar-refractivity contribution is 5.99. The van der Waals surface area contributed by atoms with Gasteiger partial charge in [-0.2, -0.15) is 0 Å². The van der Waals surface area contributed by atoms with Crippen LogP contribution in [0.15, 0.2) is 51.7 Å². The predicted octanol–water partition coefficient (Wildman–Crippen LogP) is 3.37. The molecule has 0 unspecified atom stereocenters. The number of aliphatic hydroxyl groups excluding tert-OH is 1. The average Bonchev–Trinajstić information content (AvgIpc) is 3.04. The maximum Gasteiger partial charge on any atom is 0.290 e. The molecule has 1 atom stereocenters. The molecule has 1 aromatic heterocycles. The highest BCUT2D eigenvalue weighted by Gasteiger charge is 2.42. The van der Waals surface area contributed by atoms with Crippen LogP contribution >= 0.6 is 0 Å². The first kappa shape index (κ1) is 20.9. The van der Waals surface area contributed by atoms with Crippen molar-refractivity contribution >= 4 is 16.9 Å². The van der Waals surface area contributed by atoms with Crippen molar-refractivity contribution in [3.63, 3.8) is 0 Å². The van der Waals surface area contributed by atoms with E-state index in [1.807, 2.05) is 6.07 Å². The average molecular weight is 423 g/mol. The van der Waals surface area contributed by atoms with Crippen molar-refractivity contribution < 1.29 is 23.8 Å². The molecule has 0 spiro atoms. The van der Waals surface area contributed by atoms with Gasteiger partial charge in [0, 0.05) is 6.54 Å². The first-order valence-electron chi connectivity index (χ1n) is 10.2. The maximum atomic E-state index is 13.3. The highest BCUT2D eigenvalue weighted by Crippen LogP contribution is 2.40. The van der Waals surface area contributed by atoms with E-state index in [2.05, 4.69) is 13.8 Å². The zero-order valence-electron chi connectivity index (χ0n) is 17.8. The third kappa shape index (κ3) is 3.65. The minimum Gasteiger partial charge on any atom is -0.493 e. The number of benzene rings is 2. The molecule has 1 aliphatic rings. The zero-order chi connectivity index (χ0) is 22.1. The van der Waals surface area contributed by atoms with Gasteiger partial charge in [-0.05, 0) is 35.7 Å². The first-order valence-corrected chi connectivity index (χ1v) is 10.2. The van der Waals surface area contributed by atoms with Crippen LogP contribution in [-0.4, -0.2) is 42.8 Å². The van der Waals surface area contributed by atoms with Gasteiger partial charge in [-0.25, -0.2) is 0 Å². The molecule has 0 fully saturated rings. The first-order chi connectivity index (χ1) is 15.0. The summed E-state index contributed by atoms with van der Waals surface area (Å²) < 4.78 is 17.2. The van der Waals surface area contributed by atoms with Crippen molar-refractivity contribution in [1.29, 1.82) is 0 Å². The lowest BCUT2D eigenvalue weighted by molar-refractivity contribution is 0.0691. The number of fused-ring (bicyclic) bond motifs is 2. The molecule has 2 heterocycles. The molecule has 0 aliphatic carbocycles. The third-order valence-electron chi connectivity index (χ3n) is 5.29. The number of amides is 1. The largest absolute Gasteiger partial charge is 0.493 e. The second-order valence-corrected chi connectivity index (χ2v) is 7.91. The number of β-amino-alcohol motifs (C(OH)–C–C–N with tert-alkyl or cyclic N) is 1. The lowest BCUT2D eigenvalue weighted by atomic mass is 9.98. The van der Waals surface area contributed by atoms with Crippen LogP contribution in [0, 0.1) is 5.92 Å². The molecule has 0 saturated carbocycles. The summed E-state index contributed by atoms with van der Waals surface area (Å²) in [6, 6.07) is 11.5. The number of ether oxygens (including phenoxy) is 2. The number of rotatable bonds is 7. The Morgan fingerprint density at radius 1 is 1.13 bits per heavy atom. The van der Waals surface area contributed by atoms with Gasteiger partial charge in [0.1, 0.15) is 5.58 Å². The van der Waals surface area contributed by atoms with Crippen molar-refractivity contribution in [2.45, 2.75) is 19.9 Å². The summed E-state index contributed by atoms with van der Waals surface area (Å²) in [5.41, 5.74) is 1.06. The Bertz CT molecular complexity index is 1180. The van der Waals surface area contributed by atoms with E-state index in [-0.39, 0.29) is 29.9 Å². The van der Waals surface area contributed by atoms with E-state index in [4.69, 9.17) is 13.9 Å². The number of nitrogens with zero attached hydrogens (tertiary/aromatic N) is 1. The van der Waals surface area contributed by atoms with E-state index in [1.54, 1.807) is 43.5 Å². The Morgan fingerprint density at radius 2 is 1.90 bits per heavy atom. The number of hydrogen-bond donors (Lipinski definition) is 1. The molecule has 2 aromatic carbocycles. The minimum atomic E-state index is -0.691. The number of aliphatic hydroxyl groups is 1. The summed E-state index contributed by atoms with van der Waals surface area (Å²) in [6.07, 6.45) is 0. The molecule has 0 bridgehead atoms. The molecule has 3 aromatic rings. The van der Waals surface area contributed by atoms with Crippen LogP contribution in [0.5, 0.6) is 11.5 Å². The van der Waals surface area contributed by atoms with Gasteiger partial charge < -0.3 is 23.9 Å². The molecular formula is C24H25NO6. The third-order valence-corrected chi connectivity index (χ3v) is 5.29. The standard InChI is InChI=1S/C24H25NO6/c1-14(2)13-30-18-9-8-15(12-19(18)29-3)21-20-22(27)16-6-4-5-7-17(16)31-23(20)24(28)25(21)10-11-26/h4-9,12,14,21,26H,10-11,13H2,1-3H3/t21-/m0/s1. The van der Waals surface area contributed by atoms with Gasteiger partial charge in [-0.15, -0.1) is 0 Å². The summed E-state index contributed by atoms with van der Waals surface area (Å²) >= 11 is 0. The monoisotopic (exact) mass is 423 g/mol. The minimum absolute atomic E-state index is 0.0150. The summed E-state index contributed by atoms with van der Waals surface area (Å²) in [6.45, 7) is 4.47. The number of carbonyl (C=O) groups is 1. The van der Waals surface area contributed by atoms with Crippen LogP contribution in [-0.2, 0) is 0 Å². The second-order valence-electron chi connectivity index (χ2n) is 7.91. The van der Waals surface area contributed by atoms with Crippen molar-refractivity contribution in [3.05, 3.63) is 69.6 Å². The lowest BCUT2D eigenvalue weighted by Gasteiger charge is -2.25. The van der Waals surface area contributed by atoms with Crippen molar-refractivity contribution in [1.82, 2.24) is 4.90 Å². The molecule has 31 heavy (non-hydrogen) atoms. The molecule has 1 N–H and O–H groups in total. The lowest BCUT2D eigenvalue weighted by Crippen LogP contribution is -2.32. The molecule has 7 nitrogen and oxygen atoms in total. The normalized spacial score (nSPS) is 15.6. The van der Waals surface area contributed by atoms with Gasteiger partial charge in [-0.1, -0.05) is 32.0 Å². The van der Waals surface area contributed by atoms with Gasteiger partial charge >= 0.3 is 0 Å². The predicted molar refractivity (Wildman–Crippen MR) is 116 cm³/mol. The molecular weight excluding hydrogens is 398 g/mol. The van der Waals surface area contributed by atoms with Crippen LogP contribution in [0.2, 0.25) is 0 Å². The Balaban J connectivity index is 1.86. The molecule has 162 valence electrons. The van der Waals surface area contributed by atoms with Gasteiger partial charge in [0.2, 0.25) is 5.76 Å². The Hall–Kier alpha value is -3.32. The quantitative estimate of drug-likeness (QED) is 0.627. The van der Waals surface area contributed by atoms with E-state index in [0.717, 1.165) is 0 Å². The maximum absolute atomic E-state index is 13.3. The van der Waals surface area contributed by atoms with E-state index in [1.165, 1.54) is 4.90 Å². The van der Waals surface area contributed by atoms with Gasteiger partial charge in [0.15, 0.2) is 16.9 Å². The van der Waals surface area contributed by atoms with Crippen LogP contribution in [0.1, 0.15) is 41.6 Å². The summed E-state index contributed by atoms with van der Waals surface area (Å²) in [4.78, 5) is 27.9. The van der Waals surface area contributed by atoms with Crippen molar-refractivity contribution in [3.8, 4) is 11.5 Å². The van der Waals surface area contributed by atoms with Gasteiger partial charge in [0.25, 0.3) is 5.91 Å².